The van der Waals surface area contributed by atoms with Crippen LogP contribution in [0.2, 0.25) is 0 Å². The summed E-state index contributed by atoms with van der Waals surface area (Å²) in [6.07, 6.45) is 0.310. The van der Waals surface area contributed by atoms with E-state index < -0.39 is 18.8 Å². The zero-order chi connectivity index (χ0) is 21.2. The normalized spacial score (nSPS) is 19.2. The van der Waals surface area contributed by atoms with Gasteiger partial charge in [-0.15, -0.1) is 0 Å². The number of hydrogen-bond acceptors (Lipinski definition) is 5. The summed E-state index contributed by atoms with van der Waals surface area (Å²) in [5.41, 5.74) is -0.305. The number of carbonyl (C=O) groups is 1. The zero-order valence-electron chi connectivity index (χ0n) is 18.4. The van der Waals surface area contributed by atoms with Crippen LogP contribution in [0.25, 0.3) is 0 Å². The fraction of sp³-hybridized carbons (Fsp3) is 0.667. The van der Waals surface area contributed by atoms with E-state index in [1.54, 1.807) is 0 Å². The number of amides is 1. The van der Waals surface area contributed by atoms with E-state index in [0.717, 1.165) is 17.6 Å². The second-order valence-electron chi connectivity index (χ2n) is 9.22. The molecule has 0 saturated carbocycles. The maximum absolute atomic E-state index is 11.9. The largest absolute Gasteiger partial charge is 0.494 e. The van der Waals surface area contributed by atoms with Crippen LogP contribution in [-0.4, -0.2) is 42.7 Å². The average Bonchev–Trinajstić information content (AvgIpc) is 2.78. The predicted molar refractivity (Wildman–Crippen MR) is 111 cm³/mol. The lowest BCUT2D eigenvalue weighted by atomic mass is 9.79. The number of ether oxygens (including phenoxy) is 2. The summed E-state index contributed by atoms with van der Waals surface area (Å²) in [5.74, 6) is 0.727. The Morgan fingerprint density at radius 3 is 2.11 bits per heavy atom. The molecule has 0 radical (unpaired) electrons. The molecule has 0 aliphatic carbocycles. The van der Waals surface area contributed by atoms with Crippen molar-refractivity contribution in [3.05, 3.63) is 24.3 Å². The van der Waals surface area contributed by atoms with Gasteiger partial charge in [-0.1, -0.05) is 19.1 Å². The van der Waals surface area contributed by atoms with E-state index in [1.807, 2.05) is 79.7 Å². The van der Waals surface area contributed by atoms with Crippen LogP contribution in [0.4, 0.5) is 4.79 Å². The first-order chi connectivity index (χ1) is 12.8. The number of alkyl carbamates (subject to hydrolysis) is 1. The summed E-state index contributed by atoms with van der Waals surface area (Å²) >= 11 is 0. The van der Waals surface area contributed by atoms with Crippen LogP contribution in [0.5, 0.6) is 5.75 Å². The van der Waals surface area contributed by atoms with Gasteiger partial charge in [-0.3, -0.25) is 0 Å². The second-order valence-corrected chi connectivity index (χ2v) is 9.22. The number of hydrogen-bond donors (Lipinski definition) is 1. The first-order valence-corrected chi connectivity index (χ1v) is 9.91. The molecule has 28 heavy (non-hydrogen) atoms. The molecular weight excluding hydrogens is 357 g/mol. The molecule has 1 heterocycles. The van der Waals surface area contributed by atoms with E-state index in [2.05, 4.69) is 5.32 Å². The van der Waals surface area contributed by atoms with Crippen molar-refractivity contribution >= 4 is 18.7 Å². The van der Waals surface area contributed by atoms with E-state index >= 15 is 0 Å². The first-order valence-electron chi connectivity index (χ1n) is 9.91. The van der Waals surface area contributed by atoms with Gasteiger partial charge in [-0.25, -0.2) is 4.79 Å². The molecule has 1 amide bonds. The van der Waals surface area contributed by atoms with Crippen LogP contribution in [-0.2, 0) is 14.0 Å². The molecule has 2 rings (SSSR count). The number of benzene rings is 1. The van der Waals surface area contributed by atoms with Crippen LogP contribution in [0.15, 0.2) is 24.3 Å². The zero-order valence-corrected chi connectivity index (χ0v) is 18.4. The van der Waals surface area contributed by atoms with E-state index in [1.165, 1.54) is 0 Å². The molecule has 156 valence electrons. The third-order valence-electron chi connectivity index (χ3n) is 5.07. The monoisotopic (exact) mass is 391 g/mol. The smallest absolute Gasteiger partial charge is 0.491 e. The number of rotatable bonds is 6. The highest BCUT2D eigenvalue weighted by Gasteiger charge is 2.51. The van der Waals surface area contributed by atoms with E-state index in [4.69, 9.17) is 18.8 Å². The van der Waals surface area contributed by atoms with E-state index in [-0.39, 0.29) is 17.2 Å². The molecule has 1 aromatic carbocycles. The molecule has 1 atom stereocenters. The van der Waals surface area contributed by atoms with Gasteiger partial charge in [0.25, 0.3) is 0 Å². The van der Waals surface area contributed by atoms with Gasteiger partial charge in [-0.2, -0.15) is 0 Å². The maximum atomic E-state index is 11.9. The van der Waals surface area contributed by atoms with Crippen molar-refractivity contribution in [2.45, 2.75) is 84.7 Å². The molecular formula is C21H34BNO5. The van der Waals surface area contributed by atoms with Crippen molar-refractivity contribution in [1.82, 2.24) is 5.32 Å². The minimum Gasteiger partial charge on any atom is -0.491 e. The number of nitrogens with one attached hydrogen (secondary N) is 1. The predicted octanol–water partition coefficient (Wildman–Crippen LogP) is 3.67. The Bertz CT molecular complexity index is 650. The molecule has 1 aliphatic rings. The van der Waals surface area contributed by atoms with E-state index in [9.17, 15) is 4.79 Å². The molecule has 0 unspecified atom stereocenters. The maximum Gasteiger partial charge on any atom is 0.494 e. The molecule has 0 bridgehead atoms. The van der Waals surface area contributed by atoms with Crippen LogP contribution < -0.4 is 15.5 Å². The molecule has 1 N–H and O–H groups in total. The van der Waals surface area contributed by atoms with Gasteiger partial charge in [0.1, 0.15) is 18.0 Å². The van der Waals surface area contributed by atoms with Gasteiger partial charge in [-0.05, 0) is 72.5 Å². The lowest BCUT2D eigenvalue weighted by Gasteiger charge is -2.32. The van der Waals surface area contributed by atoms with Gasteiger partial charge >= 0.3 is 13.2 Å². The summed E-state index contributed by atoms with van der Waals surface area (Å²) in [4.78, 5) is 11.9. The highest BCUT2D eigenvalue weighted by atomic mass is 16.7. The van der Waals surface area contributed by atoms with Gasteiger partial charge in [0.2, 0.25) is 0 Å². The van der Waals surface area contributed by atoms with Gasteiger partial charge in [0, 0.05) is 0 Å². The lowest BCUT2D eigenvalue weighted by Crippen LogP contribution is -2.41. The van der Waals surface area contributed by atoms with Crippen molar-refractivity contribution in [2.75, 3.05) is 6.61 Å². The minimum absolute atomic E-state index is 0.127. The Hall–Kier alpha value is -1.73. The molecule has 6 nitrogen and oxygen atoms in total. The highest BCUT2D eigenvalue weighted by molar-refractivity contribution is 6.62. The Kier molecular flexibility index (Phi) is 6.72. The van der Waals surface area contributed by atoms with Crippen LogP contribution in [0.3, 0.4) is 0 Å². The minimum atomic E-state index is -0.521. The lowest BCUT2D eigenvalue weighted by molar-refractivity contribution is 0.00578. The van der Waals surface area contributed by atoms with E-state index in [0.29, 0.717) is 6.61 Å². The summed E-state index contributed by atoms with van der Waals surface area (Å²) in [7, 11) is -0.392. The van der Waals surface area contributed by atoms with Crippen LogP contribution in [0.1, 0.15) is 61.8 Å². The fourth-order valence-corrected chi connectivity index (χ4v) is 2.63. The Balaban J connectivity index is 1.89. The van der Waals surface area contributed by atoms with Crippen molar-refractivity contribution < 1.29 is 23.6 Å². The quantitative estimate of drug-likeness (QED) is 0.750. The summed E-state index contributed by atoms with van der Waals surface area (Å²) in [6, 6.07) is 7.54. The SMILES string of the molecule is CC[C@H](COc1ccc(B2OC(C)(C)C(C)(C)O2)cc1)NC(=O)OC(C)(C)C. The van der Waals surface area contributed by atoms with Crippen molar-refractivity contribution in [3.63, 3.8) is 0 Å². The summed E-state index contributed by atoms with van der Waals surface area (Å²) in [5, 5.41) is 2.84. The summed E-state index contributed by atoms with van der Waals surface area (Å²) in [6.45, 7) is 16.0. The molecule has 1 aromatic rings. The molecule has 1 aliphatic heterocycles. The molecule has 1 fully saturated rings. The summed E-state index contributed by atoms with van der Waals surface area (Å²) < 4.78 is 23.3. The molecule has 0 aromatic heterocycles. The first kappa shape index (κ1) is 22.6. The van der Waals surface area contributed by atoms with Gasteiger partial charge in [0.15, 0.2) is 0 Å². The third kappa shape index (κ3) is 5.88. The number of carbonyl (C=O) groups excluding carboxylic acids is 1. The standard InChI is InChI=1S/C21H34BNO5/c1-9-16(23-18(24)26-19(2,3)4)14-25-17-12-10-15(11-13-17)22-27-20(5,6)21(7,8)28-22/h10-13,16H,9,14H2,1-8H3,(H,23,24)/t16-/m1/s1. The molecule has 0 spiro atoms. The second kappa shape index (κ2) is 8.33. The Morgan fingerprint density at radius 2 is 1.64 bits per heavy atom. The molecule has 1 saturated heterocycles. The Labute approximate surface area is 169 Å². The topological polar surface area (TPSA) is 66.0 Å². The van der Waals surface area contributed by atoms with Crippen LogP contribution in [0, 0.1) is 0 Å². The molecule has 7 heteroatoms. The highest BCUT2D eigenvalue weighted by Crippen LogP contribution is 2.36. The van der Waals surface area contributed by atoms with Gasteiger partial charge < -0.3 is 24.1 Å². The van der Waals surface area contributed by atoms with Crippen molar-refractivity contribution in [3.8, 4) is 5.75 Å². The van der Waals surface area contributed by atoms with Crippen molar-refractivity contribution in [2.24, 2.45) is 0 Å². The van der Waals surface area contributed by atoms with Gasteiger partial charge in [0.05, 0.1) is 17.2 Å². The average molecular weight is 391 g/mol. The third-order valence-corrected chi connectivity index (χ3v) is 5.07. The Morgan fingerprint density at radius 1 is 1.11 bits per heavy atom. The van der Waals surface area contributed by atoms with Crippen molar-refractivity contribution in [1.29, 1.82) is 0 Å². The fourth-order valence-electron chi connectivity index (χ4n) is 2.63. The van der Waals surface area contributed by atoms with Crippen LogP contribution >= 0.6 is 0 Å².